The van der Waals surface area contributed by atoms with Crippen molar-refractivity contribution in [3.05, 3.63) is 11.6 Å². The standard InChI is InChI=1S/C13H20O4/c1-2-13(16)17-11(9-12(14)15)10-7-5-3-4-6-8-10/h7,11H,2-6,8-9H2,1H3,(H,14,15). The molecule has 96 valence electrons. The molecule has 1 unspecified atom stereocenters. The second-order valence-corrected chi connectivity index (χ2v) is 4.31. The summed E-state index contributed by atoms with van der Waals surface area (Å²) in [6.07, 6.45) is 6.75. The number of rotatable bonds is 5. The highest BCUT2D eigenvalue weighted by Crippen LogP contribution is 2.23. The van der Waals surface area contributed by atoms with Gasteiger partial charge in [-0.2, -0.15) is 0 Å². The first kappa shape index (κ1) is 13.7. The van der Waals surface area contributed by atoms with Crippen LogP contribution in [0.1, 0.15) is 51.9 Å². The maximum Gasteiger partial charge on any atom is 0.307 e. The van der Waals surface area contributed by atoms with Crippen molar-refractivity contribution < 1.29 is 19.4 Å². The zero-order chi connectivity index (χ0) is 12.7. The summed E-state index contributed by atoms with van der Waals surface area (Å²) in [4.78, 5) is 22.1. The molecular weight excluding hydrogens is 220 g/mol. The number of esters is 1. The third-order valence-corrected chi connectivity index (χ3v) is 2.91. The van der Waals surface area contributed by atoms with Crippen LogP contribution in [0, 0.1) is 0 Å². The quantitative estimate of drug-likeness (QED) is 0.592. The SMILES string of the molecule is CCC(=O)OC(CC(=O)O)C1=CCCCCC1. The van der Waals surface area contributed by atoms with E-state index in [2.05, 4.69) is 0 Å². The van der Waals surface area contributed by atoms with Gasteiger partial charge >= 0.3 is 11.9 Å². The minimum Gasteiger partial charge on any atom is -0.481 e. The van der Waals surface area contributed by atoms with Gasteiger partial charge in [0.15, 0.2) is 0 Å². The van der Waals surface area contributed by atoms with Crippen LogP contribution in [0.25, 0.3) is 0 Å². The fourth-order valence-corrected chi connectivity index (χ4v) is 1.98. The van der Waals surface area contributed by atoms with Crippen LogP contribution in [-0.4, -0.2) is 23.1 Å². The van der Waals surface area contributed by atoms with E-state index in [1.165, 1.54) is 0 Å². The van der Waals surface area contributed by atoms with E-state index < -0.39 is 12.1 Å². The normalized spacial score (nSPS) is 17.8. The predicted molar refractivity (Wildman–Crippen MR) is 63.6 cm³/mol. The van der Waals surface area contributed by atoms with Gasteiger partial charge in [0.05, 0.1) is 6.42 Å². The Bertz CT molecular complexity index is 307. The predicted octanol–water partition coefficient (Wildman–Crippen LogP) is 2.67. The summed E-state index contributed by atoms with van der Waals surface area (Å²) in [6, 6.07) is 0. The van der Waals surface area contributed by atoms with E-state index in [9.17, 15) is 9.59 Å². The molecule has 17 heavy (non-hydrogen) atoms. The lowest BCUT2D eigenvalue weighted by Crippen LogP contribution is -2.23. The van der Waals surface area contributed by atoms with Crippen LogP contribution in [0.2, 0.25) is 0 Å². The first-order valence-corrected chi connectivity index (χ1v) is 6.23. The molecule has 0 saturated carbocycles. The smallest absolute Gasteiger partial charge is 0.307 e. The molecule has 1 N–H and O–H groups in total. The molecule has 0 aromatic heterocycles. The van der Waals surface area contributed by atoms with E-state index >= 15 is 0 Å². The summed E-state index contributed by atoms with van der Waals surface area (Å²) >= 11 is 0. The number of carbonyl (C=O) groups is 2. The Hall–Kier alpha value is -1.32. The van der Waals surface area contributed by atoms with Crippen LogP contribution in [0.3, 0.4) is 0 Å². The fourth-order valence-electron chi connectivity index (χ4n) is 1.98. The third-order valence-electron chi connectivity index (χ3n) is 2.91. The minimum absolute atomic E-state index is 0.127. The Morgan fingerprint density at radius 2 is 2.18 bits per heavy atom. The average molecular weight is 240 g/mol. The summed E-state index contributed by atoms with van der Waals surface area (Å²) in [5.74, 6) is -1.26. The molecule has 1 rings (SSSR count). The summed E-state index contributed by atoms with van der Waals surface area (Å²) in [7, 11) is 0. The van der Waals surface area contributed by atoms with Crippen molar-refractivity contribution in [3.8, 4) is 0 Å². The van der Waals surface area contributed by atoms with Gasteiger partial charge in [-0.1, -0.05) is 19.4 Å². The number of carboxylic acids is 1. The maximum absolute atomic E-state index is 11.3. The topological polar surface area (TPSA) is 63.6 Å². The van der Waals surface area contributed by atoms with Gasteiger partial charge in [-0.25, -0.2) is 0 Å². The van der Waals surface area contributed by atoms with Gasteiger partial charge in [0.2, 0.25) is 0 Å². The molecule has 1 aliphatic rings. The Balaban J connectivity index is 2.69. The van der Waals surface area contributed by atoms with E-state index in [0.717, 1.165) is 37.7 Å². The van der Waals surface area contributed by atoms with E-state index in [0.29, 0.717) is 0 Å². The van der Waals surface area contributed by atoms with Gasteiger partial charge in [0, 0.05) is 6.42 Å². The molecule has 0 heterocycles. The Morgan fingerprint density at radius 1 is 1.41 bits per heavy atom. The minimum atomic E-state index is -0.927. The Kier molecular flexibility index (Phi) is 5.73. The second-order valence-electron chi connectivity index (χ2n) is 4.31. The van der Waals surface area contributed by atoms with Crippen LogP contribution < -0.4 is 0 Å². The molecule has 4 nitrogen and oxygen atoms in total. The van der Waals surface area contributed by atoms with Crippen LogP contribution in [-0.2, 0) is 14.3 Å². The summed E-state index contributed by atoms with van der Waals surface area (Å²) in [5, 5.41) is 8.85. The van der Waals surface area contributed by atoms with Gasteiger partial charge in [0.25, 0.3) is 0 Å². The number of ether oxygens (including phenoxy) is 1. The van der Waals surface area contributed by atoms with E-state index in [1.54, 1.807) is 6.92 Å². The molecule has 0 spiro atoms. The van der Waals surface area contributed by atoms with Crippen molar-refractivity contribution >= 4 is 11.9 Å². The number of hydrogen-bond acceptors (Lipinski definition) is 3. The molecule has 1 atom stereocenters. The average Bonchev–Trinajstić information content (AvgIpc) is 2.55. The van der Waals surface area contributed by atoms with Gasteiger partial charge in [-0.05, 0) is 31.3 Å². The maximum atomic E-state index is 11.3. The van der Waals surface area contributed by atoms with Crippen LogP contribution in [0.4, 0.5) is 0 Å². The molecule has 0 saturated heterocycles. The Morgan fingerprint density at radius 3 is 2.82 bits per heavy atom. The molecule has 0 aromatic carbocycles. The van der Waals surface area contributed by atoms with Gasteiger partial charge in [-0.3, -0.25) is 9.59 Å². The molecule has 0 bridgehead atoms. The number of allylic oxidation sites excluding steroid dienone is 1. The lowest BCUT2D eigenvalue weighted by atomic mass is 10.0. The first-order valence-electron chi connectivity index (χ1n) is 6.23. The molecule has 1 aliphatic carbocycles. The number of hydrogen-bond donors (Lipinski definition) is 1. The van der Waals surface area contributed by atoms with E-state index in [-0.39, 0.29) is 18.8 Å². The van der Waals surface area contributed by atoms with Crippen molar-refractivity contribution in [1.82, 2.24) is 0 Å². The van der Waals surface area contributed by atoms with Crippen LogP contribution in [0.15, 0.2) is 11.6 Å². The Labute approximate surface area is 102 Å². The first-order chi connectivity index (χ1) is 8.13. The number of aliphatic carboxylic acids is 1. The lowest BCUT2D eigenvalue weighted by Gasteiger charge is -2.18. The highest BCUT2D eigenvalue weighted by molar-refractivity contribution is 5.72. The van der Waals surface area contributed by atoms with Crippen molar-refractivity contribution in [2.24, 2.45) is 0 Å². The third kappa shape index (κ3) is 5.02. The van der Waals surface area contributed by atoms with Crippen molar-refractivity contribution in [2.45, 2.75) is 58.0 Å². The van der Waals surface area contributed by atoms with Gasteiger partial charge in [0.1, 0.15) is 6.10 Å². The number of carboxylic acid groups (broad SMARTS) is 1. The van der Waals surface area contributed by atoms with E-state index in [1.807, 2.05) is 6.08 Å². The second kappa shape index (κ2) is 7.09. The van der Waals surface area contributed by atoms with Crippen molar-refractivity contribution in [1.29, 1.82) is 0 Å². The molecular formula is C13H20O4. The summed E-state index contributed by atoms with van der Waals surface area (Å²) in [6.45, 7) is 1.71. The van der Waals surface area contributed by atoms with Crippen molar-refractivity contribution in [3.63, 3.8) is 0 Å². The largest absolute Gasteiger partial charge is 0.481 e. The summed E-state index contributed by atoms with van der Waals surface area (Å²) in [5.41, 5.74) is 0.978. The van der Waals surface area contributed by atoms with Gasteiger partial charge < -0.3 is 9.84 Å². The van der Waals surface area contributed by atoms with Crippen LogP contribution in [0.5, 0.6) is 0 Å². The molecule has 0 radical (unpaired) electrons. The molecule has 0 aromatic rings. The zero-order valence-electron chi connectivity index (χ0n) is 10.3. The summed E-state index contributed by atoms with van der Waals surface area (Å²) < 4.78 is 5.22. The zero-order valence-corrected chi connectivity index (χ0v) is 10.3. The molecule has 4 heteroatoms. The highest BCUT2D eigenvalue weighted by atomic mass is 16.5. The molecule has 0 fully saturated rings. The number of carbonyl (C=O) groups excluding carboxylic acids is 1. The fraction of sp³-hybridized carbons (Fsp3) is 0.692. The lowest BCUT2D eigenvalue weighted by molar-refractivity contribution is -0.150. The monoisotopic (exact) mass is 240 g/mol. The van der Waals surface area contributed by atoms with E-state index in [4.69, 9.17) is 9.84 Å². The molecule has 0 aliphatic heterocycles. The van der Waals surface area contributed by atoms with Gasteiger partial charge in [-0.15, -0.1) is 0 Å². The van der Waals surface area contributed by atoms with Crippen molar-refractivity contribution in [2.75, 3.05) is 0 Å². The highest BCUT2D eigenvalue weighted by Gasteiger charge is 2.22. The van der Waals surface area contributed by atoms with Crippen LogP contribution >= 0.6 is 0 Å². The molecule has 0 amide bonds.